The van der Waals surface area contributed by atoms with Crippen LogP contribution >= 0.6 is 12.4 Å². The molecule has 3 aromatic carbocycles. The molecule has 0 unspecified atom stereocenters. The Labute approximate surface area is 148 Å². The first-order valence-corrected chi connectivity index (χ1v) is 7.10. The first kappa shape index (κ1) is 18.4. The number of fused-ring (bicyclic) bond motifs is 1. The molecule has 0 spiro atoms. The van der Waals surface area contributed by atoms with Crippen LogP contribution in [0, 0.1) is 11.6 Å². The lowest BCUT2D eigenvalue weighted by Gasteiger charge is -2.07. The average Bonchev–Trinajstić information content (AvgIpc) is 2.53. The molecular formula is C18H14ClF2N3O. The van der Waals surface area contributed by atoms with Gasteiger partial charge in [-0.25, -0.2) is 8.78 Å². The van der Waals surface area contributed by atoms with Crippen molar-refractivity contribution in [2.45, 2.75) is 0 Å². The summed E-state index contributed by atoms with van der Waals surface area (Å²) >= 11 is 0. The lowest BCUT2D eigenvalue weighted by Crippen LogP contribution is -2.12. The molecule has 1 amide bonds. The van der Waals surface area contributed by atoms with Crippen LogP contribution in [0.2, 0.25) is 0 Å². The number of nitrogens with zero attached hydrogens (tertiary/aromatic N) is 1. The van der Waals surface area contributed by atoms with Crippen molar-refractivity contribution in [3.8, 4) is 0 Å². The standard InChI is InChI=1S/C18H13F2N3O.ClH/c19-15-7-16(20)9-17(8-15)23-18(24)14-4-3-12-5-11(10-22-21)1-2-13(12)6-14;/h1-10H,21H2,(H,23,24);1H. The van der Waals surface area contributed by atoms with Crippen molar-refractivity contribution < 1.29 is 13.6 Å². The smallest absolute Gasteiger partial charge is 0.255 e. The number of nitrogens with two attached hydrogens (primary N) is 1. The molecule has 0 saturated heterocycles. The molecule has 0 heterocycles. The molecule has 0 aliphatic carbocycles. The van der Waals surface area contributed by atoms with Crippen molar-refractivity contribution in [3.05, 3.63) is 77.4 Å². The van der Waals surface area contributed by atoms with Gasteiger partial charge in [0.1, 0.15) is 11.6 Å². The van der Waals surface area contributed by atoms with Gasteiger partial charge in [-0.15, -0.1) is 12.4 Å². The molecule has 3 aromatic rings. The summed E-state index contributed by atoms with van der Waals surface area (Å²) in [6.45, 7) is 0. The van der Waals surface area contributed by atoms with E-state index in [-0.39, 0.29) is 18.1 Å². The van der Waals surface area contributed by atoms with E-state index >= 15 is 0 Å². The number of anilines is 1. The van der Waals surface area contributed by atoms with Crippen molar-refractivity contribution in [1.29, 1.82) is 0 Å². The van der Waals surface area contributed by atoms with Crippen LogP contribution in [-0.2, 0) is 0 Å². The van der Waals surface area contributed by atoms with Gasteiger partial charge in [0.2, 0.25) is 0 Å². The lowest BCUT2D eigenvalue weighted by atomic mass is 10.0. The molecule has 4 nitrogen and oxygen atoms in total. The second-order valence-electron chi connectivity index (χ2n) is 5.21. The fourth-order valence-electron chi connectivity index (χ4n) is 2.40. The van der Waals surface area contributed by atoms with E-state index in [4.69, 9.17) is 5.84 Å². The van der Waals surface area contributed by atoms with Gasteiger partial charge in [-0.1, -0.05) is 18.2 Å². The zero-order valence-electron chi connectivity index (χ0n) is 12.9. The lowest BCUT2D eigenvalue weighted by molar-refractivity contribution is 0.102. The van der Waals surface area contributed by atoms with E-state index in [9.17, 15) is 13.6 Å². The van der Waals surface area contributed by atoms with E-state index in [1.807, 2.05) is 18.2 Å². The zero-order chi connectivity index (χ0) is 17.1. The van der Waals surface area contributed by atoms with Gasteiger partial charge in [-0.2, -0.15) is 5.10 Å². The number of nitrogens with one attached hydrogen (secondary N) is 1. The van der Waals surface area contributed by atoms with Gasteiger partial charge in [0.05, 0.1) is 6.21 Å². The topological polar surface area (TPSA) is 67.5 Å². The summed E-state index contributed by atoms with van der Waals surface area (Å²) in [5.74, 6) is 3.17. The first-order chi connectivity index (χ1) is 11.5. The van der Waals surface area contributed by atoms with Crippen molar-refractivity contribution in [3.63, 3.8) is 0 Å². The van der Waals surface area contributed by atoms with Crippen LogP contribution in [0.3, 0.4) is 0 Å². The monoisotopic (exact) mass is 361 g/mol. The number of benzene rings is 3. The summed E-state index contributed by atoms with van der Waals surface area (Å²) in [6.07, 6.45) is 1.53. The van der Waals surface area contributed by atoms with Gasteiger partial charge in [0, 0.05) is 17.3 Å². The van der Waals surface area contributed by atoms with E-state index in [1.54, 1.807) is 18.2 Å². The Balaban J connectivity index is 0.00000225. The molecule has 0 aliphatic rings. The molecular weight excluding hydrogens is 348 g/mol. The molecule has 0 aromatic heterocycles. The molecule has 0 bridgehead atoms. The van der Waals surface area contributed by atoms with Crippen LogP contribution in [0.15, 0.2) is 59.7 Å². The maximum atomic E-state index is 13.2. The van der Waals surface area contributed by atoms with Crippen molar-refractivity contribution in [1.82, 2.24) is 0 Å². The van der Waals surface area contributed by atoms with Gasteiger partial charge >= 0.3 is 0 Å². The molecule has 7 heteroatoms. The predicted molar refractivity (Wildman–Crippen MR) is 97.3 cm³/mol. The minimum absolute atomic E-state index is 0. The summed E-state index contributed by atoms with van der Waals surface area (Å²) in [5, 5.41) is 7.72. The summed E-state index contributed by atoms with van der Waals surface area (Å²) < 4.78 is 26.4. The molecule has 3 N–H and O–H groups in total. The Kier molecular flexibility index (Phi) is 5.67. The minimum Gasteiger partial charge on any atom is -0.323 e. The largest absolute Gasteiger partial charge is 0.323 e. The Morgan fingerprint density at radius 2 is 1.60 bits per heavy atom. The highest BCUT2D eigenvalue weighted by Gasteiger charge is 2.09. The van der Waals surface area contributed by atoms with Gasteiger partial charge < -0.3 is 11.2 Å². The van der Waals surface area contributed by atoms with Crippen molar-refractivity contribution in [2.24, 2.45) is 10.9 Å². The average molecular weight is 362 g/mol. The number of amides is 1. The van der Waals surface area contributed by atoms with Gasteiger partial charge in [0.15, 0.2) is 0 Å². The summed E-state index contributed by atoms with van der Waals surface area (Å²) in [4.78, 5) is 12.3. The third kappa shape index (κ3) is 4.30. The fourth-order valence-corrected chi connectivity index (χ4v) is 2.40. The van der Waals surface area contributed by atoms with E-state index < -0.39 is 17.5 Å². The number of hydrazone groups is 1. The quantitative estimate of drug-likeness (QED) is 0.419. The molecule has 0 fully saturated rings. The van der Waals surface area contributed by atoms with Gasteiger partial charge in [0.25, 0.3) is 5.91 Å². The number of rotatable bonds is 3. The SMILES string of the molecule is Cl.NN=Cc1ccc2cc(C(=O)Nc3cc(F)cc(F)c3)ccc2c1. The van der Waals surface area contributed by atoms with Gasteiger partial charge in [-0.05, 0) is 46.7 Å². The third-order valence-corrected chi connectivity index (χ3v) is 3.47. The number of carbonyl (C=O) groups is 1. The summed E-state index contributed by atoms with van der Waals surface area (Å²) in [6, 6.07) is 13.5. The van der Waals surface area contributed by atoms with E-state index in [0.29, 0.717) is 5.56 Å². The van der Waals surface area contributed by atoms with Crippen LogP contribution < -0.4 is 11.2 Å². The zero-order valence-corrected chi connectivity index (χ0v) is 13.7. The van der Waals surface area contributed by atoms with E-state index in [2.05, 4.69) is 10.4 Å². The van der Waals surface area contributed by atoms with Crippen LogP contribution in [0.4, 0.5) is 14.5 Å². The maximum absolute atomic E-state index is 13.2. The first-order valence-electron chi connectivity index (χ1n) is 7.10. The Bertz CT molecular complexity index is 940. The second kappa shape index (κ2) is 7.72. The van der Waals surface area contributed by atoms with E-state index in [0.717, 1.165) is 34.5 Å². The third-order valence-electron chi connectivity index (χ3n) is 3.47. The predicted octanol–water partition coefficient (Wildman–Crippen LogP) is 4.08. The summed E-state index contributed by atoms with van der Waals surface area (Å²) in [7, 11) is 0. The number of hydrogen-bond donors (Lipinski definition) is 2. The Morgan fingerprint density at radius 1 is 0.960 bits per heavy atom. The molecule has 0 saturated carbocycles. The van der Waals surface area contributed by atoms with Crippen LogP contribution in [-0.4, -0.2) is 12.1 Å². The molecule has 25 heavy (non-hydrogen) atoms. The molecule has 0 aliphatic heterocycles. The highest BCUT2D eigenvalue weighted by Crippen LogP contribution is 2.19. The van der Waals surface area contributed by atoms with Gasteiger partial charge in [-0.3, -0.25) is 4.79 Å². The number of halogens is 3. The Morgan fingerprint density at radius 3 is 2.28 bits per heavy atom. The van der Waals surface area contributed by atoms with Crippen LogP contribution in [0.5, 0.6) is 0 Å². The highest BCUT2D eigenvalue weighted by molar-refractivity contribution is 6.06. The summed E-state index contributed by atoms with van der Waals surface area (Å²) in [5.41, 5.74) is 1.29. The molecule has 3 rings (SSSR count). The normalized spacial score (nSPS) is 10.6. The van der Waals surface area contributed by atoms with Crippen LogP contribution in [0.25, 0.3) is 10.8 Å². The number of carbonyl (C=O) groups excluding carboxylic acids is 1. The highest BCUT2D eigenvalue weighted by atomic mass is 35.5. The Hall–Kier alpha value is -2.99. The molecule has 0 atom stereocenters. The van der Waals surface area contributed by atoms with Crippen LogP contribution in [0.1, 0.15) is 15.9 Å². The molecule has 128 valence electrons. The van der Waals surface area contributed by atoms with E-state index in [1.165, 1.54) is 6.21 Å². The second-order valence-corrected chi connectivity index (χ2v) is 5.21. The fraction of sp³-hybridized carbons (Fsp3) is 0. The maximum Gasteiger partial charge on any atom is 0.255 e. The molecule has 0 radical (unpaired) electrons. The van der Waals surface area contributed by atoms with Crippen molar-refractivity contribution in [2.75, 3.05) is 5.32 Å². The minimum atomic E-state index is -0.752. The van der Waals surface area contributed by atoms with Crippen molar-refractivity contribution >= 4 is 41.0 Å². The number of hydrogen-bond acceptors (Lipinski definition) is 3.